The van der Waals surface area contributed by atoms with Gasteiger partial charge in [-0.3, -0.25) is 0 Å². The quantitative estimate of drug-likeness (QED) is 0.589. The number of benzene rings is 1. The zero-order valence-electron chi connectivity index (χ0n) is 16.6. The molecule has 0 radical (unpaired) electrons. The number of fused-ring (bicyclic) bond motifs is 1. The molecule has 156 valence electrons. The fourth-order valence-corrected chi connectivity index (χ4v) is 3.69. The largest absolute Gasteiger partial charge is 0.419 e. The minimum Gasteiger partial charge on any atom is -0.360 e. The van der Waals surface area contributed by atoms with E-state index in [1.54, 1.807) is 18.2 Å². The molecule has 0 unspecified atom stereocenters. The average molecular weight is 414 g/mol. The van der Waals surface area contributed by atoms with Crippen molar-refractivity contribution in [1.82, 2.24) is 20.3 Å². The summed E-state index contributed by atoms with van der Waals surface area (Å²) in [4.78, 5) is 11.1. The molecule has 0 aliphatic carbocycles. The number of halogens is 3. The van der Waals surface area contributed by atoms with Crippen LogP contribution in [0, 0.1) is 11.3 Å². The lowest BCUT2D eigenvalue weighted by molar-refractivity contribution is -0.137. The van der Waals surface area contributed by atoms with Gasteiger partial charge in [0.15, 0.2) is 0 Å². The predicted octanol–water partition coefficient (Wildman–Crippen LogP) is 4.46. The Morgan fingerprint density at radius 1 is 1.30 bits per heavy atom. The lowest BCUT2D eigenvalue weighted by Crippen LogP contribution is -2.50. The molecule has 1 saturated heterocycles. The van der Waals surface area contributed by atoms with Gasteiger partial charge >= 0.3 is 6.18 Å². The third-order valence-electron chi connectivity index (χ3n) is 5.44. The smallest absolute Gasteiger partial charge is 0.360 e. The summed E-state index contributed by atoms with van der Waals surface area (Å²) >= 11 is 0. The topological polar surface area (TPSA) is 89.4 Å². The van der Waals surface area contributed by atoms with Crippen LogP contribution < -0.4 is 10.6 Å². The van der Waals surface area contributed by atoms with E-state index in [1.165, 1.54) is 6.20 Å². The van der Waals surface area contributed by atoms with E-state index in [4.69, 9.17) is 5.26 Å². The Kier molecular flexibility index (Phi) is 4.90. The maximum Gasteiger partial charge on any atom is 0.419 e. The summed E-state index contributed by atoms with van der Waals surface area (Å²) in [5.41, 5.74) is 0.251. The van der Waals surface area contributed by atoms with Gasteiger partial charge in [0.05, 0.1) is 17.3 Å². The minimum absolute atomic E-state index is 0.0313. The van der Waals surface area contributed by atoms with Crippen LogP contribution >= 0.6 is 0 Å². The van der Waals surface area contributed by atoms with Gasteiger partial charge in [0, 0.05) is 47.0 Å². The van der Waals surface area contributed by atoms with E-state index in [0.29, 0.717) is 28.6 Å². The maximum absolute atomic E-state index is 13.7. The molecule has 30 heavy (non-hydrogen) atoms. The minimum atomic E-state index is -4.60. The fourth-order valence-electron chi connectivity index (χ4n) is 3.69. The van der Waals surface area contributed by atoms with Crippen molar-refractivity contribution in [1.29, 1.82) is 5.26 Å². The van der Waals surface area contributed by atoms with Crippen molar-refractivity contribution in [2.75, 3.05) is 11.9 Å². The molecule has 1 fully saturated rings. The lowest BCUT2D eigenvalue weighted by Gasteiger charge is -2.36. The number of anilines is 1. The summed E-state index contributed by atoms with van der Waals surface area (Å²) in [6.45, 7) is 4.91. The zero-order valence-corrected chi connectivity index (χ0v) is 16.6. The van der Waals surface area contributed by atoms with Crippen LogP contribution in [0.15, 0.2) is 30.6 Å². The molecule has 3 N–H and O–H groups in total. The molecule has 4 rings (SSSR count). The summed E-state index contributed by atoms with van der Waals surface area (Å²) in [5.74, 6) is 0.160. The molecular weight excluding hydrogens is 393 g/mol. The number of alkyl halides is 3. The van der Waals surface area contributed by atoms with E-state index in [-0.39, 0.29) is 23.2 Å². The van der Waals surface area contributed by atoms with E-state index >= 15 is 0 Å². The molecule has 1 aromatic carbocycles. The standard InChI is InChI=1S/C21H21F3N6/c1-20(2)6-5-13(9-28-20)29-19-27-11-16(21(22,23)24)18(30-19)15-10-26-17-7-12(8-25)3-4-14(15)17/h3-4,7,10-11,13,26,28H,5-6,9H2,1-2H3,(H,27,29,30)/t13-/m0/s1. The van der Waals surface area contributed by atoms with Gasteiger partial charge in [-0.1, -0.05) is 6.07 Å². The average Bonchev–Trinajstić information content (AvgIpc) is 3.11. The van der Waals surface area contributed by atoms with E-state index in [1.807, 2.05) is 6.07 Å². The van der Waals surface area contributed by atoms with E-state index in [2.05, 4.69) is 39.4 Å². The van der Waals surface area contributed by atoms with E-state index in [0.717, 1.165) is 19.0 Å². The molecule has 1 atom stereocenters. The molecule has 0 saturated carbocycles. The molecule has 6 nitrogen and oxygen atoms in total. The van der Waals surface area contributed by atoms with Crippen LogP contribution in [-0.2, 0) is 6.18 Å². The number of nitriles is 1. The fraction of sp³-hybridized carbons (Fsp3) is 0.381. The highest BCUT2D eigenvalue weighted by atomic mass is 19.4. The predicted molar refractivity (Wildman–Crippen MR) is 108 cm³/mol. The number of hydrogen-bond donors (Lipinski definition) is 3. The summed E-state index contributed by atoms with van der Waals surface area (Å²) in [6, 6.07) is 6.85. The van der Waals surface area contributed by atoms with Crippen LogP contribution in [0.2, 0.25) is 0 Å². The lowest BCUT2D eigenvalue weighted by atomic mass is 9.91. The molecule has 0 bridgehead atoms. The number of nitrogens with one attached hydrogen (secondary N) is 3. The van der Waals surface area contributed by atoms with Crippen LogP contribution in [0.5, 0.6) is 0 Å². The van der Waals surface area contributed by atoms with Gasteiger partial charge in [0.2, 0.25) is 5.95 Å². The molecule has 1 aliphatic heterocycles. The monoisotopic (exact) mass is 414 g/mol. The van der Waals surface area contributed by atoms with E-state index in [9.17, 15) is 13.2 Å². The first-order chi connectivity index (χ1) is 14.2. The van der Waals surface area contributed by atoms with Crippen LogP contribution in [0.3, 0.4) is 0 Å². The van der Waals surface area contributed by atoms with Gasteiger partial charge < -0.3 is 15.6 Å². The highest BCUT2D eigenvalue weighted by molar-refractivity contribution is 5.96. The molecule has 2 aromatic heterocycles. The first-order valence-electron chi connectivity index (χ1n) is 9.64. The van der Waals surface area contributed by atoms with Crippen molar-refractivity contribution >= 4 is 16.9 Å². The first kappa shape index (κ1) is 20.2. The summed E-state index contributed by atoms with van der Waals surface area (Å²) < 4.78 is 41.0. The van der Waals surface area contributed by atoms with Crippen molar-refractivity contribution in [3.8, 4) is 17.3 Å². The number of hydrogen-bond acceptors (Lipinski definition) is 5. The van der Waals surface area contributed by atoms with Gasteiger partial charge in [-0.2, -0.15) is 18.4 Å². The number of H-pyrrole nitrogens is 1. The summed E-state index contributed by atoms with van der Waals surface area (Å²) in [6.07, 6.45) is -0.489. The van der Waals surface area contributed by atoms with Crippen molar-refractivity contribution in [3.05, 3.63) is 41.7 Å². The highest BCUT2D eigenvalue weighted by Gasteiger charge is 2.36. The molecule has 0 spiro atoms. The maximum atomic E-state index is 13.7. The number of aromatic nitrogens is 3. The van der Waals surface area contributed by atoms with Crippen molar-refractivity contribution in [2.24, 2.45) is 0 Å². The van der Waals surface area contributed by atoms with Gasteiger partial charge in [-0.25, -0.2) is 9.97 Å². The Hall–Kier alpha value is -3.12. The first-order valence-corrected chi connectivity index (χ1v) is 9.64. The highest BCUT2D eigenvalue weighted by Crippen LogP contribution is 2.38. The van der Waals surface area contributed by atoms with Gasteiger partial charge in [0.1, 0.15) is 5.56 Å². The van der Waals surface area contributed by atoms with Crippen molar-refractivity contribution < 1.29 is 13.2 Å². The Balaban J connectivity index is 1.73. The number of piperidine rings is 1. The van der Waals surface area contributed by atoms with Crippen LogP contribution in [0.1, 0.15) is 37.8 Å². The number of nitrogens with zero attached hydrogens (tertiary/aromatic N) is 3. The van der Waals surface area contributed by atoms with Crippen LogP contribution in [0.4, 0.5) is 19.1 Å². The molecule has 9 heteroatoms. The summed E-state index contributed by atoms with van der Waals surface area (Å²) in [7, 11) is 0. The third kappa shape index (κ3) is 3.96. The normalized spacial score (nSPS) is 18.9. The molecular formula is C21H21F3N6. The molecule has 0 amide bonds. The SMILES string of the molecule is CC1(C)CC[C@H](Nc2ncc(C(F)(F)F)c(-c3c[nH]c4cc(C#N)ccc34)n2)CN1. The number of aromatic amines is 1. The van der Waals surface area contributed by atoms with Crippen molar-refractivity contribution in [2.45, 2.75) is 44.4 Å². The molecule has 3 aromatic rings. The summed E-state index contributed by atoms with van der Waals surface area (Å²) in [5, 5.41) is 16.2. The van der Waals surface area contributed by atoms with Crippen LogP contribution in [0.25, 0.3) is 22.2 Å². The van der Waals surface area contributed by atoms with E-state index < -0.39 is 11.7 Å². The van der Waals surface area contributed by atoms with Gasteiger partial charge in [-0.15, -0.1) is 0 Å². The van der Waals surface area contributed by atoms with Gasteiger partial charge in [0.25, 0.3) is 0 Å². The zero-order chi connectivity index (χ0) is 21.5. The van der Waals surface area contributed by atoms with Crippen LogP contribution in [-0.4, -0.2) is 33.1 Å². The van der Waals surface area contributed by atoms with Crippen molar-refractivity contribution in [3.63, 3.8) is 0 Å². The Morgan fingerprint density at radius 3 is 2.77 bits per heavy atom. The number of rotatable bonds is 3. The molecule has 1 aliphatic rings. The third-order valence-corrected chi connectivity index (χ3v) is 5.44. The van der Waals surface area contributed by atoms with Gasteiger partial charge in [-0.05, 0) is 38.8 Å². The molecule has 3 heterocycles. The second-order valence-electron chi connectivity index (χ2n) is 8.17. The Bertz CT molecular complexity index is 1120. The second kappa shape index (κ2) is 7.29. The Morgan fingerprint density at radius 2 is 2.10 bits per heavy atom. The Labute approximate surface area is 171 Å². The second-order valence-corrected chi connectivity index (χ2v) is 8.17.